The molecule has 0 amide bonds. The second-order valence-electron chi connectivity index (χ2n) is 5.25. The Kier molecular flexibility index (Phi) is 6.24. The van der Waals surface area contributed by atoms with Crippen molar-refractivity contribution in [2.24, 2.45) is 5.92 Å². The van der Waals surface area contributed by atoms with Crippen LogP contribution < -0.4 is 4.72 Å². The molecule has 0 radical (unpaired) electrons. The Hall–Kier alpha value is 0.200. The molecular weight excluding hydrogens is 258 g/mol. The van der Waals surface area contributed by atoms with Gasteiger partial charge >= 0.3 is 0 Å². The molecule has 0 bridgehead atoms. The van der Waals surface area contributed by atoms with E-state index in [1.54, 1.807) is 0 Å². The van der Waals surface area contributed by atoms with E-state index < -0.39 is 10.0 Å². The van der Waals surface area contributed by atoms with E-state index in [2.05, 4.69) is 4.72 Å². The second kappa shape index (κ2) is 6.95. The van der Waals surface area contributed by atoms with Crippen LogP contribution in [0, 0.1) is 5.92 Å². The zero-order chi connectivity index (χ0) is 12.9. The molecule has 1 N–H and O–H groups in total. The fourth-order valence-electron chi connectivity index (χ4n) is 2.33. The van der Waals surface area contributed by atoms with Crippen LogP contribution in [0.4, 0.5) is 0 Å². The lowest BCUT2D eigenvalue weighted by Crippen LogP contribution is -2.44. The van der Waals surface area contributed by atoms with Crippen LogP contribution in [-0.2, 0) is 10.0 Å². The lowest BCUT2D eigenvalue weighted by Gasteiger charge is -2.27. The largest absolute Gasteiger partial charge is 0.214 e. The number of hydrogen-bond acceptors (Lipinski definition) is 2. The summed E-state index contributed by atoms with van der Waals surface area (Å²) in [5.41, 5.74) is 0. The maximum Gasteiger partial charge on any atom is 0.214 e. The normalized spacial score (nSPS) is 20.7. The van der Waals surface area contributed by atoms with E-state index in [9.17, 15) is 8.42 Å². The Morgan fingerprint density at radius 2 is 1.82 bits per heavy atom. The van der Waals surface area contributed by atoms with E-state index in [1.807, 2.05) is 13.8 Å². The molecule has 0 heterocycles. The molecule has 17 heavy (non-hydrogen) atoms. The van der Waals surface area contributed by atoms with Crippen LogP contribution in [0.1, 0.15) is 52.4 Å². The summed E-state index contributed by atoms with van der Waals surface area (Å²) in [6.07, 6.45) is 5.55. The van der Waals surface area contributed by atoms with Crippen LogP contribution in [0.15, 0.2) is 0 Å². The van der Waals surface area contributed by atoms with Gasteiger partial charge < -0.3 is 0 Å². The minimum Gasteiger partial charge on any atom is -0.212 e. The van der Waals surface area contributed by atoms with Crippen molar-refractivity contribution in [3.8, 4) is 0 Å². The van der Waals surface area contributed by atoms with Crippen LogP contribution in [0.25, 0.3) is 0 Å². The lowest BCUT2D eigenvalue weighted by atomic mass is 10.0. The van der Waals surface area contributed by atoms with Crippen LogP contribution in [0.3, 0.4) is 0 Å². The smallest absolute Gasteiger partial charge is 0.212 e. The third-order valence-electron chi connectivity index (χ3n) is 3.53. The standard InChI is InChI=1S/C12H24ClNO2S/c1-10(2)12(8-9-13)14-17(15,16)11-6-4-3-5-7-11/h10-12,14H,3-9H2,1-2H3. The van der Waals surface area contributed by atoms with Gasteiger partial charge in [-0.15, -0.1) is 11.6 Å². The van der Waals surface area contributed by atoms with Crippen molar-refractivity contribution in [2.45, 2.75) is 63.7 Å². The summed E-state index contributed by atoms with van der Waals surface area (Å²) in [7, 11) is -3.16. The zero-order valence-corrected chi connectivity index (χ0v) is 12.4. The van der Waals surface area contributed by atoms with E-state index in [0.29, 0.717) is 12.3 Å². The maximum atomic E-state index is 12.2. The highest BCUT2D eigenvalue weighted by Crippen LogP contribution is 2.24. The first kappa shape index (κ1) is 15.3. The van der Waals surface area contributed by atoms with E-state index in [-0.39, 0.29) is 17.2 Å². The molecule has 0 aromatic heterocycles. The van der Waals surface area contributed by atoms with E-state index in [1.165, 1.54) is 6.42 Å². The van der Waals surface area contributed by atoms with Crippen molar-refractivity contribution in [3.05, 3.63) is 0 Å². The molecule has 1 atom stereocenters. The van der Waals surface area contributed by atoms with Gasteiger partial charge in [0, 0.05) is 11.9 Å². The van der Waals surface area contributed by atoms with Crippen LogP contribution >= 0.6 is 11.6 Å². The quantitative estimate of drug-likeness (QED) is 0.761. The average molecular weight is 282 g/mol. The summed E-state index contributed by atoms with van der Waals surface area (Å²) < 4.78 is 27.3. The van der Waals surface area contributed by atoms with Gasteiger partial charge in [-0.1, -0.05) is 33.1 Å². The highest BCUT2D eigenvalue weighted by molar-refractivity contribution is 7.90. The Morgan fingerprint density at radius 3 is 2.29 bits per heavy atom. The van der Waals surface area contributed by atoms with Gasteiger partial charge in [0.05, 0.1) is 5.25 Å². The molecule has 0 aromatic carbocycles. The van der Waals surface area contributed by atoms with Crippen LogP contribution in [-0.4, -0.2) is 25.6 Å². The van der Waals surface area contributed by atoms with Crippen molar-refractivity contribution in [3.63, 3.8) is 0 Å². The van der Waals surface area contributed by atoms with Crippen molar-refractivity contribution in [2.75, 3.05) is 5.88 Å². The molecule has 0 saturated heterocycles. The van der Waals surface area contributed by atoms with Gasteiger partial charge in [-0.2, -0.15) is 0 Å². The molecule has 1 aliphatic rings. The van der Waals surface area contributed by atoms with Gasteiger partial charge in [0.1, 0.15) is 0 Å². The predicted octanol–water partition coefficient (Wildman–Crippen LogP) is 2.89. The third kappa shape index (κ3) is 4.76. The Labute approximate surface area is 110 Å². The molecule has 0 aromatic rings. The summed E-state index contributed by atoms with van der Waals surface area (Å²) in [5, 5.41) is -0.187. The van der Waals surface area contributed by atoms with E-state index in [0.717, 1.165) is 25.7 Å². The number of halogens is 1. The number of hydrogen-bond donors (Lipinski definition) is 1. The number of alkyl halides is 1. The van der Waals surface area contributed by atoms with Gasteiger partial charge in [-0.25, -0.2) is 13.1 Å². The van der Waals surface area contributed by atoms with E-state index in [4.69, 9.17) is 11.6 Å². The lowest BCUT2D eigenvalue weighted by molar-refractivity contribution is 0.423. The van der Waals surface area contributed by atoms with Gasteiger partial charge in [0.2, 0.25) is 10.0 Å². The topological polar surface area (TPSA) is 46.2 Å². The number of sulfonamides is 1. The summed E-state index contributed by atoms with van der Waals surface area (Å²) in [6.45, 7) is 4.06. The molecule has 1 fully saturated rings. The Balaban J connectivity index is 2.62. The molecule has 102 valence electrons. The van der Waals surface area contributed by atoms with Gasteiger partial charge in [-0.3, -0.25) is 0 Å². The zero-order valence-electron chi connectivity index (χ0n) is 10.8. The van der Waals surface area contributed by atoms with Gasteiger partial charge in [0.15, 0.2) is 0 Å². The third-order valence-corrected chi connectivity index (χ3v) is 5.73. The molecule has 0 aliphatic heterocycles. The molecule has 1 unspecified atom stereocenters. The van der Waals surface area contributed by atoms with Crippen molar-refractivity contribution >= 4 is 21.6 Å². The molecule has 3 nitrogen and oxygen atoms in total. The minimum atomic E-state index is -3.16. The minimum absolute atomic E-state index is 0.0283. The highest BCUT2D eigenvalue weighted by atomic mass is 35.5. The Morgan fingerprint density at radius 1 is 1.24 bits per heavy atom. The molecule has 1 rings (SSSR count). The molecular formula is C12H24ClNO2S. The first-order valence-electron chi connectivity index (χ1n) is 6.54. The Bertz CT molecular complexity index is 310. The number of rotatable bonds is 6. The monoisotopic (exact) mass is 281 g/mol. The first-order chi connectivity index (χ1) is 7.97. The molecule has 1 saturated carbocycles. The average Bonchev–Trinajstić information content (AvgIpc) is 2.29. The maximum absolute atomic E-state index is 12.2. The van der Waals surface area contributed by atoms with E-state index >= 15 is 0 Å². The summed E-state index contributed by atoms with van der Waals surface area (Å²) in [6, 6.07) is -0.0283. The van der Waals surface area contributed by atoms with Gasteiger partial charge in [-0.05, 0) is 25.2 Å². The summed E-state index contributed by atoms with van der Waals surface area (Å²) >= 11 is 5.72. The highest BCUT2D eigenvalue weighted by Gasteiger charge is 2.29. The fraction of sp³-hybridized carbons (Fsp3) is 1.00. The van der Waals surface area contributed by atoms with Crippen LogP contribution in [0.5, 0.6) is 0 Å². The molecule has 5 heteroatoms. The van der Waals surface area contributed by atoms with Crippen molar-refractivity contribution < 1.29 is 8.42 Å². The fourth-order valence-corrected chi connectivity index (χ4v) is 4.52. The predicted molar refractivity (Wildman–Crippen MR) is 72.9 cm³/mol. The second-order valence-corrected chi connectivity index (χ2v) is 7.62. The van der Waals surface area contributed by atoms with Crippen molar-refractivity contribution in [1.29, 1.82) is 0 Å². The summed E-state index contributed by atoms with van der Waals surface area (Å²) in [4.78, 5) is 0. The first-order valence-corrected chi connectivity index (χ1v) is 8.62. The molecule has 0 spiro atoms. The summed E-state index contributed by atoms with van der Waals surface area (Å²) in [5.74, 6) is 0.780. The SMILES string of the molecule is CC(C)C(CCCl)NS(=O)(=O)C1CCCCC1. The number of nitrogens with one attached hydrogen (secondary N) is 1. The van der Waals surface area contributed by atoms with Crippen molar-refractivity contribution in [1.82, 2.24) is 4.72 Å². The molecule has 1 aliphatic carbocycles. The van der Waals surface area contributed by atoms with Gasteiger partial charge in [0.25, 0.3) is 0 Å². The van der Waals surface area contributed by atoms with Crippen LogP contribution in [0.2, 0.25) is 0 Å².